The molecule has 1 spiro atoms. The van der Waals surface area contributed by atoms with Gasteiger partial charge in [-0.1, -0.05) is 20.8 Å². The van der Waals surface area contributed by atoms with Crippen molar-refractivity contribution in [1.29, 1.82) is 0 Å². The Hall–Kier alpha value is -2.69. The number of nitrogens with zero attached hydrogens (tertiary/aromatic N) is 2. The van der Waals surface area contributed by atoms with E-state index in [2.05, 4.69) is 10.3 Å². The molecule has 2 aliphatic rings. The normalized spacial score (nSPS) is 19.7. The Morgan fingerprint density at radius 3 is 2.33 bits per heavy atom. The van der Waals surface area contributed by atoms with Crippen molar-refractivity contribution in [2.75, 3.05) is 19.7 Å². The first-order valence-corrected chi connectivity index (χ1v) is 10.9. The molecule has 2 N–H and O–H groups in total. The number of aromatic nitrogens is 1. The number of carbonyl (C=O) groups excluding carboxylic acids is 2. The van der Waals surface area contributed by atoms with E-state index in [0.29, 0.717) is 25.3 Å². The Morgan fingerprint density at radius 1 is 1.27 bits per heavy atom. The summed E-state index contributed by atoms with van der Waals surface area (Å²) in [5.41, 5.74) is 1.44. The number of alkyl halides is 3. The number of carbonyl (C=O) groups is 3. The second-order valence-electron chi connectivity index (χ2n) is 8.55. The topological polar surface area (TPSA) is 109 Å². The number of halogens is 3. The van der Waals surface area contributed by atoms with E-state index in [9.17, 15) is 22.8 Å². The van der Waals surface area contributed by atoms with Crippen LogP contribution in [0, 0.1) is 5.92 Å². The third-order valence-corrected chi connectivity index (χ3v) is 5.72. The highest BCUT2D eigenvalue weighted by Crippen LogP contribution is 2.36. The third kappa shape index (κ3) is 7.41. The molecule has 3 rings (SSSR count). The highest BCUT2D eigenvalue weighted by molar-refractivity contribution is 5.94. The van der Waals surface area contributed by atoms with Gasteiger partial charge in [0, 0.05) is 30.9 Å². The number of rotatable bonds is 4. The Labute approximate surface area is 190 Å². The minimum atomic E-state index is -5.08. The minimum Gasteiger partial charge on any atom is -0.475 e. The molecule has 2 fully saturated rings. The molecule has 1 aromatic rings. The molecule has 2 amide bonds. The van der Waals surface area contributed by atoms with Gasteiger partial charge in [-0.2, -0.15) is 13.2 Å². The monoisotopic (exact) mass is 473 g/mol. The zero-order valence-corrected chi connectivity index (χ0v) is 18.9. The molecule has 0 saturated carbocycles. The lowest BCUT2D eigenvalue weighted by atomic mass is 9.87. The first-order chi connectivity index (χ1) is 15.4. The predicted octanol–water partition coefficient (Wildman–Crippen LogP) is 2.81. The van der Waals surface area contributed by atoms with Crippen LogP contribution in [-0.4, -0.2) is 70.3 Å². The average molecular weight is 473 g/mol. The molecule has 11 heteroatoms. The molecule has 0 bridgehead atoms. The quantitative estimate of drug-likeness (QED) is 0.696. The number of carboxylic acid groups (broad SMARTS) is 1. The van der Waals surface area contributed by atoms with Crippen LogP contribution < -0.4 is 5.32 Å². The van der Waals surface area contributed by atoms with E-state index in [4.69, 9.17) is 14.6 Å². The number of hydrogen-bond donors (Lipinski definition) is 2. The largest absolute Gasteiger partial charge is 0.490 e. The van der Waals surface area contributed by atoms with Gasteiger partial charge in [-0.25, -0.2) is 4.79 Å². The van der Waals surface area contributed by atoms with Crippen molar-refractivity contribution in [3.63, 3.8) is 0 Å². The molecule has 1 unspecified atom stereocenters. The molecule has 2 saturated heterocycles. The number of nitrogens with one attached hydrogen (secondary N) is 1. The van der Waals surface area contributed by atoms with Gasteiger partial charge in [-0.05, 0) is 37.8 Å². The van der Waals surface area contributed by atoms with Crippen LogP contribution in [0.3, 0.4) is 0 Å². The number of aliphatic carboxylic acids is 1. The average Bonchev–Trinajstić information content (AvgIpc) is 3.15. The number of ether oxygens (including phenoxy) is 1. The van der Waals surface area contributed by atoms with Crippen LogP contribution in [0.1, 0.15) is 56.1 Å². The van der Waals surface area contributed by atoms with Gasteiger partial charge in [0.05, 0.1) is 23.8 Å². The maximum absolute atomic E-state index is 12.7. The molecule has 184 valence electrons. The van der Waals surface area contributed by atoms with Crippen LogP contribution in [0.15, 0.2) is 18.3 Å². The van der Waals surface area contributed by atoms with Crippen LogP contribution in [-0.2, 0) is 20.7 Å². The van der Waals surface area contributed by atoms with Crippen molar-refractivity contribution in [3.8, 4) is 0 Å². The zero-order chi connectivity index (χ0) is 24.8. The molecule has 1 aromatic heterocycles. The van der Waals surface area contributed by atoms with Crippen molar-refractivity contribution in [2.24, 2.45) is 5.92 Å². The minimum absolute atomic E-state index is 0.0151. The molecule has 1 atom stereocenters. The van der Waals surface area contributed by atoms with E-state index >= 15 is 0 Å². The summed E-state index contributed by atoms with van der Waals surface area (Å²) in [4.78, 5) is 39.7. The summed E-state index contributed by atoms with van der Waals surface area (Å²) in [5, 5.41) is 10.2. The summed E-state index contributed by atoms with van der Waals surface area (Å²) in [5.74, 6) is -2.66. The van der Waals surface area contributed by atoms with Gasteiger partial charge < -0.3 is 20.1 Å². The van der Waals surface area contributed by atoms with Gasteiger partial charge in [0.2, 0.25) is 5.91 Å². The van der Waals surface area contributed by atoms with Crippen molar-refractivity contribution in [1.82, 2.24) is 15.2 Å². The standard InChI is InChI=1S/C20H29N3O3.C2HF3O2/c1-4-16-6-5-15(12-21-16)19(25)23-9-7-20(8-10-23)11-17(13-26-20)22-18(24)14(2)3;3-2(4,5)1(6)7/h5-6,12,14,17H,4,7-11,13H2,1-3H3,(H,22,24);(H,6,7). The van der Waals surface area contributed by atoms with E-state index in [-0.39, 0.29) is 29.4 Å². The van der Waals surface area contributed by atoms with Gasteiger partial charge in [0.1, 0.15) is 0 Å². The number of hydrogen-bond acceptors (Lipinski definition) is 5. The van der Waals surface area contributed by atoms with E-state index in [1.54, 1.807) is 6.20 Å². The molecule has 3 heterocycles. The van der Waals surface area contributed by atoms with E-state index < -0.39 is 12.1 Å². The van der Waals surface area contributed by atoms with Crippen LogP contribution in [0.25, 0.3) is 0 Å². The SMILES string of the molecule is CCc1ccc(C(=O)N2CCC3(CC2)CC(NC(=O)C(C)C)CO3)cn1.O=C(O)C(F)(F)F. The fourth-order valence-electron chi connectivity index (χ4n) is 3.71. The molecule has 33 heavy (non-hydrogen) atoms. The number of aryl methyl sites for hydroxylation is 1. The summed E-state index contributed by atoms with van der Waals surface area (Å²) < 4.78 is 37.8. The third-order valence-electron chi connectivity index (χ3n) is 5.72. The molecule has 8 nitrogen and oxygen atoms in total. The fraction of sp³-hybridized carbons (Fsp3) is 0.636. The molecular weight excluding hydrogens is 443 g/mol. The number of likely N-dealkylation sites (tertiary alicyclic amines) is 1. The van der Waals surface area contributed by atoms with Gasteiger partial charge in [0.25, 0.3) is 5.91 Å². The Bertz CT molecular complexity index is 835. The van der Waals surface area contributed by atoms with Gasteiger partial charge in [-0.15, -0.1) is 0 Å². The van der Waals surface area contributed by atoms with E-state index in [0.717, 1.165) is 31.4 Å². The van der Waals surface area contributed by atoms with E-state index in [1.165, 1.54) is 0 Å². The Balaban J connectivity index is 0.000000479. The molecule has 2 aliphatic heterocycles. The molecule has 0 aromatic carbocycles. The highest BCUT2D eigenvalue weighted by Gasteiger charge is 2.44. The summed E-state index contributed by atoms with van der Waals surface area (Å²) in [7, 11) is 0. The number of carboxylic acids is 1. The van der Waals surface area contributed by atoms with Crippen molar-refractivity contribution < 1.29 is 37.4 Å². The van der Waals surface area contributed by atoms with Gasteiger partial charge >= 0.3 is 12.1 Å². The first kappa shape index (κ1) is 26.6. The smallest absolute Gasteiger partial charge is 0.475 e. The number of pyridine rings is 1. The Kier molecular flexibility index (Phi) is 8.82. The highest BCUT2D eigenvalue weighted by atomic mass is 19.4. The maximum atomic E-state index is 12.7. The number of amides is 2. The van der Waals surface area contributed by atoms with Crippen LogP contribution in [0.4, 0.5) is 13.2 Å². The molecular formula is C22H30F3N3O5. The lowest BCUT2D eigenvalue weighted by Gasteiger charge is -2.38. The lowest BCUT2D eigenvalue weighted by Crippen LogP contribution is -2.47. The fourth-order valence-corrected chi connectivity index (χ4v) is 3.71. The second-order valence-corrected chi connectivity index (χ2v) is 8.55. The van der Waals surface area contributed by atoms with Gasteiger partial charge in [0.15, 0.2) is 0 Å². The summed E-state index contributed by atoms with van der Waals surface area (Å²) in [6, 6.07) is 3.86. The second kappa shape index (κ2) is 11.0. The van der Waals surface area contributed by atoms with Gasteiger partial charge in [-0.3, -0.25) is 14.6 Å². The van der Waals surface area contributed by atoms with E-state index in [1.807, 2.05) is 37.8 Å². The summed E-state index contributed by atoms with van der Waals surface area (Å²) in [6.07, 6.45) is -0.0809. The van der Waals surface area contributed by atoms with Crippen molar-refractivity contribution in [3.05, 3.63) is 29.6 Å². The molecule has 0 radical (unpaired) electrons. The number of piperidine rings is 1. The van der Waals surface area contributed by atoms with Crippen molar-refractivity contribution >= 4 is 17.8 Å². The maximum Gasteiger partial charge on any atom is 0.490 e. The molecule has 0 aliphatic carbocycles. The van der Waals surface area contributed by atoms with Crippen molar-refractivity contribution in [2.45, 2.75) is 64.3 Å². The lowest BCUT2D eigenvalue weighted by molar-refractivity contribution is -0.192. The summed E-state index contributed by atoms with van der Waals surface area (Å²) in [6.45, 7) is 7.76. The zero-order valence-electron chi connectivity index (χ0n) is 18.9. The summed E-state index contributed by atoms with van der Waals surface area (Å²) >= 11 is 0. The predicted molar refractivity (Wildman–Crippen MR) is 113 cm³/mol. The first-order valence-electron chi connectivity index (χ1n) is 10.9. The van der Waals surface area contributed by atoms with Crippen LogP contribution in [0.2, 0.25) is 0 Å². The van der Waals surface area contributed by atoms with Crippen LogP contribution in [0.5, 0.6) is 0 Å². The Morgan fingerprint density at radius 2 is 1.88 bits per heavy atom. The van der Waals surface area contributed by atoms with Crippen LogP contribution >= 0.6 is 0 Å².